The second-order valence-corrected chi connectivity index (χ2v) is 4.62. The maximum Gasteiger partial charge on any atom is 0.341 e. The van der Waals surface area contributed by atoms with E-state index < -0.39 is 12.0 Å². The second kappa shape index (κ2) is 7.03. The first-order chi connectivity index (χ1) is 10.2. The van der Waals surface area contributed by atoms with E-state index in [1.807, 2.05) is 4.90 Å². The fourth-order valence-electron chi connectivity index (χ4n) is 2.35. The minimum atomic E-state index is -0.421. The summed E-state index contributed by atoms with van der Waals surface area (Å²) in [6.07, 6.45) is 1.61. The quantitative estimate of drug-likeness (QED) is 0.747. The van der Waals surface area contributed by atoms with Crippen molar-refractivity contribution < 1.29 is 14.3 Å². The van der Waals surface area contributed by atoms with Crippen LogP contribution < -0.4 is 15.5 Å². The minimum Gasteiger partial charge on any atom is -0.462 e. The van der Waals surface area contributed by atoms with Gasteiger partial charge in [-0.05, 0) is 19.1 Å². The number of carbonyl (C=O) groups is 2. The topological polar surface area (TPSA) is 83.6 Å². The number of nitrogens with one attached hydrogen (secondary N) is 2. The SMILES string of the molecule is CCOC(=O)c1cccnc1N1CCNCC1C(=O)NC. The number of hydrogen-bond acceptors (Lipinski definition) is 6. The fourth-order valence-corrected chi connectivity index (χ4v) is 2.35. The summed E-state index contributed by atoms with van der Waals surface area (Å²) in [6, 6.07) is 2.96. The lowest BCUT2D eigenvalue weighted by molar-refractivity contribution is -0.122. The molecule has 0 spiro atoms. The molecule has 1 aromatic heterocycles. The molecule has 114 valence electrons. The zero-order chi connectivity index (χ0) is 15.2. The fraction of sp³-hybridized carbons (Fsp3) is 0.500. The molecule has 1 aliphatic rings. The van der Waals surface area contributed by atoms with Gasteiger partial charge in [-0.2, -0.15) is 0 Å². The van der Waals surface area contributed by atoms with Crippen molar-refractivity contribution in [2.24, 2.45) is 0 Å². The molecule has 1 saturated heterocycles. The van der Waals surface area contributed by atoms with Crippen LogP contribution >= 0.6 is 0 Å². The number of carbonyl (C=O) groups excluding carboxylic acids is 2. The summed E-state index contributed by atoms with van der Waals surface area (Å²) >= 11 is 0. The number of pyridine rings is 1. The Morgan fingerprint density at radius 1 is 1.57 bits per heavy atom. The highest BCUT2D eigenvalue weighted by Crippen LogP contribution is 2.21. The molecule has 2 rings (SSSR count). The Bertz CT molecular complexity index is 521. The van der Waals surface area contributed by atoms with E-state index in [0.29, 0.717) is 31.1 Å². The smallest absolute Gasteiger partial charge is 0.341 e. The molecular formula is C14H20N4O3. The predicted molar refractivity (Wildman–Crippen MR) is 78.3 cm³/mol. The first kappa shape index (κ1) is 15.2. The van der Waals surface area contributed by atoms with E-state index in [1.54, 1.807) is 32.3 Å². The molecule has 21 heavy (non-hydrogen) atoms. The molecule has 1 aliphatic heterocycles. The van der Waals surface area contributed by atoms with Crippen LogP contribution in [0.1, 0.15) is 17.3 Å². The van der Waals surface area contributed by atoms with Crippen molar-refractivity contribution in [2.75, 3.05) is 38.2 Å². The van der Waals surface area contributed by atoms with Crippen molar-refractivity contribution in [2.45, 2.75) is 13.0 Å². The zero-order valence-electron chi connectivity index (χ0n) is 12.3. The van der Waals surface area contributed by atoms with Crippen LogP contribution in [0.15, 0.2) is 18.3 Å². The van der Waals surface area contributed by atoms with Crippen LogP contribution in [-0.2, 0) is 9.53 Å². The molecule has 0 aliphatic carbocycles. The lowest BCUT2D eigenvalue weighted by atomic mass is 10.1. The maximum absolute atomic E-state index is 12.0. The van der Waals surface area contributed by atoms with Gasteiger partial charge in [0.15, 0.2) is 0 Å². The number of aromatic nitrogens is 1. The molecule has 1 aromatic rings. The van der Waals surface area contributed by atoms with E-state index in [9.17, 15) is 9.59 Å². The van der Waals surface area contributed by atoms with Crippen molar-refractivity contribution in [1.29, 1.82) is 0 Å². The number of hydrogen-bond donors (Lipinski definition) is 2. The van der Waals surface area contributed by atoms with Crippen LogP contribution in [-0.4, -0.2) is 56.2 Å². The maximum atomic E-state index is 12.0. The summed E-state index contributed by atoms with van der Waals surface area (Å²) in [5, 5.41) is 5.82. The minimum absolute atomic E-state index is 0.109. The molecule has 0 saturated carbocycles. The standard InChI is InChI=1S/C14H20N4O3/c1-3-21-14(20)10-5-4-6-17-12(10)18-8-7-16-9-11(18)13(19)15-2/h4-6,11,16H,3,7-9H2,1-2H3,(H,15,19). The summed E-state index contributed by atoms with van der Waals surface area (Å²) in [5.41, 5.74) is 0.384. The second-order valence-electron chi connectivity index (χ2n) is 4.62. The lowest BCUT2D eigenvalue weighted by Crippen LogP contribution is -2.58. The average Bonchev–Trinajstić information content (AvgIpc) is 2.54. The van der Waals surface area contributed by atoms with Gasteiger partial charge >= 0.3 is 5.97 Å². The third kappa shape index (κ3) is 3.30. The molecule has 1 fully saturated rings. The van der Waals surface area contributed by atoms with Gasteiger partial charge in [0.2, 0.25) is 5.91 Å². The van der Waals surface area contributed by atoms with Gasteiger partial charge in [0.25, 0.3) is 0 Å². The van der Waals surface area contributed by atoms with Gasteiger partial charge in [-0.25, -0.2) is 9.78 Å². The van der Waals surface area contributed by atoms with E-state index in [0.717, 1.165) is 6.54 Å². The lowest BCUT2D eigenvalue weighted by Gasteiger charge is -2.36. The van der Waals surface area contributed by atoms with Gasteiger partial charge in [-0.3, -0.25) is 4.79 Å². The average molecular weight is 292 g/mol. The van der Waals surface area contributed by atoms with E-state index in [-0.39, 0.29) is 5.91 Å². The highest BCUT2D eigenvalue weighted by molar-refractivity contribution is 5.96. The van der Waals surface area contributed by atoms with Crippen molar-refractivity contribution in [3.05, 3.63) is 23.9 Å². The molecule has 2 heterocycles. The van der Waals surface area contributed by atoms with Crippen molar-refractivity contribution in [1.82, 2.24) is 15.6 Å². The molecule has 7 heteroatoms. The van der Waals surface area contributed by atoms with Crippen LogP contribution in [0.5, 0.6) is 0 Å². The summed E-state index contributed by atoms with van der Waals surface area (Å²) in [5.74, 6) is -0.0384. The van der Waals surface area contributed by atoms with Gasteiger partial charge in [-0.15, -0.1) is 0 Å². The van der Waals surface area contributed by atoms with Gasteiger partial charge < -0.3 is 20.3 Å². The number of anilines is 1. The number of esters is 1. The third-order valence-corrected chi connectivity index (χ3v) is 3.35. The van der Waals surface area contributed by atoms with E-state index in [2.05, 4.69) is 15.6 Å². The molecule has 1 unspecified atom stereocenters. The molecule has 1 atom stereocenters. The number of ether oxygens (including phenoxy) is 1. The molecule has 0 bridgehead atoms. The van der Waals surface area contributed by atoms with Gasteiger partial charge in [0.05, 0.1) is 6.61 Å². The van der Waals surface area contributed by atoms with Gasteiger partial charge in [0.1, 0.15) is 17.4 Å². The molecule has 0 radical (unpaired) electrons. The van der Waals surface area contributed by atoms with Crippen LogP contribution in [0.4, 0.5) is 5.82 Å². The Morgan fingerprint density at radius 2 is 2.38 bits per heavy atom. The van der Waals surface area contributed by atoms with Crippen LogP contribution in [0.3, 0.4) is 0 Å². The number of nitrogens with zero attached hydrogens (tertiary/aromatic N) is 2. The molecule has 1 amide bonds. The first-order valence-corrected chi connectivity index (χ1v) is 7.00. The Hall–Kier alpha value is -2.15. The summed E-state index contributed by atoms with van der Waals surface area (Å²) in [4.78, 5) is 30.2. The van der Waals surface area contributed by atoms with Gasteiger partial charge in [0, 0.05) is 32.9 Å². The Labute approximate surface area is 123 Å². The van der Waals surface area contributed by atoms with E-state index >= 15 is 0 Å². The normalized spacial score (nSPS) is 18.2. The molecule has 2 N–H and O–H groups in total. The Balaban J connectivity index is 2.34. The van der Waals surface area contributed by atoms with Crippen LogP contribution in [0, 0.1) is 0 Å². The number of rotatable bonds is 4. The summed E-state index contributed by atoms with van der Waals surface area (Å²) < 4.78 is 5.06. The Kier molecular flexibility index (Phi) is 5.10. The zero-order valence-corrected chi connectivity index (χ0v) is 12.3. The summed E-state index contributed by atoms with van der Waals surface area (Å²) in [7, 11) is 1.60. The first-order valence-electron chi connectivity index (χ1n) is 7.00. The van der Waals surface area contributed by atoms with Crippen molar-refractivity contribution >= 4 is 17.7 Å². The largest absolute Gasteiger partial charge is 0.462 e. The Morgan fingerprint density at radius 3 is 3.10 bits per heavy atom. The molecule has 0 aromatic carbocycles. The van der Waals surface area contributed by atoms with Crippen molar-refractivity contribution in [3.8, 4) is 0 Å². The number of likely N-dealkylation sites (N-methyl/N-ethyl adjacent to an activating group) is 1. The third-order valence-electron chi connectivity index (χ3n) is 3.35. The summed E-state index contributed by atoms with van der Waals surface area (Å²) in [6.45, 7) is 3.89. The highest BCUT2D eigenvalue weighted by atomic mass is 16.5. The number of piperazine rings is 1. The van der Waals surface area contributed by atoms with Gasteiger partial charge in [-0.1, -0.05) is 0 Å². The highest BCUT2D eigenvalue weighted by Gasteiger charge is 2.31. The molecular weight excluding hydrogens is 272 g/mol. The monoisotopic (exact) mass is 292 g/mol. The molecule has 7 nitrogen and oxygen atoms in total. The van der Waals surface area contributed by atoms with Crippen molar-refractivity contribution in [3.63, 3.8) is 0 Å². The predicted octanol–water partition coefficient (Wildman–Crippen LogP) is -0.217. The number of amides is 1. The van der Waals surface area contributed by atoms with E-state index in [1.165, 1.54) is 0 Å². The van der Waals surface area contributed by atoms with E-state index in [4.69, 9.17) is 4.74 Å². The van der Waals surface area contributed by atoms with Crippen LogP contribution in [0.25, 0.3) is 0 Å². The van der Waals surface area contributed by atoms with Crippen LogP contribution in [0.2, 0.25) is 0 Å².